The molecule has 2 aliphatic rings. The van der Waals surface area contributed by atoms with E-state index in [2.05, 4.69) is 9.88 Å². The van der Waals surface area contributed by atoms with Crippen LogP contribution in [0.15, 0.2) is 23.0 Å². The van der Waals surface area contributed by atoms with Gasteiger partial charge < -0.3 is 14.7 Å². The highest BCUT2D eigenvalue weighted by Gasteiger charge is 2.25. The average molecular weight is 452 g/mol. The average Bonchev–Trinajstić information content (AvgIpc) is 3.17. The van der Waals surface area contributed by atoms with E-state index in [1.807, 2.05) is 32.0 Å². The Hall–Kier alpha value is -2.87. The van der Waals surface area contributed by atoms with Crippen LogP contribution in [-0.2, 0) is 0 Å². The van der Waals surface area contributed by atoms with Crippen LogP contribution in [0, 0.1) is 6.92 Å². The zero-order valence-corrected chi connectivity index (χ0v) is 19.5. The van der Waals surface area contributed by atoms with Crippen LogP contribution in [0.1, 0.15) is 69.3 Å². The summed E-state index contributed by atoms with van der Waals surface area (Å²) in [4.78, 5) is 28.1. The van der Waals surface area contributed by atoms with Gasteiger partial charge in [0.1, 0.15) is 17.4 Å². The Bertz CT molecular complexity index is 1190. The summed E-state index contributed by atoms with van der Waals surface area (Å²) in [6, 6.07) is 6.02. The maximum absolute atomic E-state index is 13.2. The Labute approximate surface area is 193 Å². The molecule has 3 aromatic rings. The largest absolute Gasteiger partial charge is 0.493 e. The summed E-state index contributed by atoms with van der Waals surface area (Å²) in [7, 11) is 0. The number of benzene rings is 1. The van der Waals surface area contributed by atoms with Crippen molar-refractivity contribution in [3.8, 4) is 17.1 Å². The molecule has 0 radical (unpaired) electrons. The Morgan fingerprint density at radius 1 is 1.12 bits per heavy atom. The number of aliphatic hydroxyl groups excluding tert-OH is 1. The molecule has 1 aliphatic carbocycles. The lowest BCUT2D eigenvalue weighted by atomic mass is 9.89. The van der Waals surface area contributed by atoms with Crippen molar-refractivity contribution in [2.45, 2.75) is 70.8 Å². The number of aromatic nitrogens is 4. The molecule has 1 aromatic carbocycles. The zero-order chi connectivity index (χ0) is 22.9. The smallest absolute Gasteiger partial charge is 0.334 e. The van der Waals surface area contributed by atoms with Gasteiger partial charge in [0, 0.05) is 30.8 Å². The van der Waals surface area contributed by atoms with Crippen LogP contribution in [0.4, 0.5) is 5.69 Å². The highest BCUT2D eigenvalue weighted by Crippen LogP contribution is 2.35. The highest BCUT2D eigenvalue weighted by molar-refractivity contribution is 5.70. The molecule has 3 heterocycles. The van der Waals surface area contributed by atoms with E-state index in [1.165, 1.54) is 19.3 Å². The fourth-order valence-corrected chi connectivity index (χ4v) is 5.23. The number of aliphatic hydroxyl groups is 1. The third kappa shape index (κ3) is 4.24. The Morgan fingerprint density at radius 3 is 2.61 bits per heavy atom. The van der Waals surface area contributed by atoms with Crippen LogP contribution in [0.5, 0.6) is 5.75 Å². The van der Waals surface area contributed by atoms with Crippen molar-refractivity contribution >= 4 is 11.3 Å². The standard InChI is InChI=1S/C25H33N5O3/c1-3-33-21-15-18(29-13-11-19(31)12-14-29)9-10-20(21)22-27-23-16(2)26-24(30(23)25(32)28-22)17-7-5-4-6-8-17/h9-10,15,17,19,31H,3-8,11-14H2,1-2H3,(H,27,28,32). The van der Waals surface area contributed by atoms with Crippen molar-refractivity contribution in [3.05, 3.63) is 40.2 Å². The Kier molecular flexibility index (Phi) is 6.10. The number of aromatic amines is 1. The molecule has 8 nitrogen and oxygen atoms in total. The Morgan fingerprint density at radius 2 is 1.88 bits per heavy atom. The molecule has 0 spiro atoms. The lowest BCUT2D eigenvalue weighted by Crippen LogP contribution is -2.35. The maximum Gasteiger partial charge on any atom is 0.334 e. The van der Waals surface area contributed by atoms with E-state index in [0.29, 0.717) is 29.7 Å². The molecule has 1 aliphatic heterocycles. The third-order valence-corrected chi connectivity index (χ3v) is 7.01. The van der Waals surface area contributed by atoms with Gasteiger partial charge in [-0.05, 0) is 51.7 Å². The normalized spacial score (nSPS) is 18.2. The van der Waals surface area contributed by atoms with Crippen molar-refractivity contribution in [1.29, 1.82) is 0 Å². The number of nitrogens with zero attached hydrogens (tertiary/aromatic N) is 4. The van der Waals surface area contributed by atoms with Gasteiger partial charge in [-0.3, -0.25) is 4.98 Å². The van der Waals surface area contributed by atoms with E-state index in [1.54, 1.807) is 4.40 Å². The zero-order valence-electron chi connectivity index (χ0n) is 19.5. The van der Waals surface area contributed by atoms with Crippen LogP contribution in [-0.4, -0.2) is 50.3 Å². The molecule has 1 saturated heterocycles. The van der Waals surface area contributed by atoms with Gasteiger partial charge in [-0.1, -0.05) is 19.3 Å². The van der Waals surface area contributed by atoms with Crippen molar-refractivity contribution < 1.29 is 9.84 Å². The summed E-state index contributed by atoms with van der Waals surface area (Å²) in [5.41, 5.74) is 3.01. The maximum atomic E-state index is 13.2. The Balaban J connectivity index is 1.54. The minimum Gasteiger partial charge on any atom is -0.493 e. The first kappa shape index (κ1) is 21.9. The van der Waals surface area contributed by atoms with Gasteiger partial charge in [0.15, 0.2) is 5.65 Å². The number of aryl methyl sites for hydroxylation is 1. The monoisotopic (exact) mass is 451 g/mol. The molecule has 2 fully saturated rings. The molecule has 33 heavy (non-hydrogen) atoms. The van der Waals surface area contributed by atoms with Crippen LogP contribution in [0.2, 0.25) is 0 Å². The number of nitrogens with one attached hydrogen (secondary N) is 1. The number of fused-ring (bicyclic) bond motifs is 1. The highest BCUT2D eigenvalue weighted by atomic mass is 16.5. The number of hydrogen-bond acceptors (Lipinski definition) is 6. The van der Waals surface area contributed by atoms with Crippen LogP contribution in [0.25, 0.3) is 17.0 Å². The first-order valence-electron chi connectivity index (χ1n) is 12.2. The summed E-state index contributed by atoms with van der Waals surface area (Å²) in [6.07, 6.45) is 7.08. The van der Waals surface area contributed by atoms with Crippen molar-refractivity contribution in [3.63, 3.8) is 0 Å². The molecule has 176 valence electrons. The SMILES string of the molecule is CCOc1cc(N2CCC(O)CC2)ccc1-c1nc2c(C)nc(C3CCCCC3)n2c(=O)[nH]1. The van der Waals surface area contributed by atoms with Gasteiger partial charge >= 0.3 is 5.69 Å². The summed E-state index contributed by atoms with van der Waals surface area (Å²) in [6.45, 7) is 6.01. The van der Waals surface area contributed by atoms with Crippen molar-refractivity contribution in [2.75, 3.05) is 24.6 Å². The molecule has 1 saturated carbocycles. The summed E-state index contributed by atoms with van der Waals surface area (Å²) in [5, 5.41) is 9.82. The molecule has 0 bridgehead atoms. The number of anilines is 1. The second-order valence-electron chi connectivity index (χ2n) is 9.27. The molecule has 2 N–H and O–H groups in total. The molecule has 8 heteroatoms. The predicted octanol–water partition coefficient (Wildman–Crippen LogP) is 3.80. The lowest BCUT2D eigenvalue weighted by molar-refractivity contribution is 0.145. The number of ether oxygens (including phenoxy) is 1. The van der Waals surface area contributed by atoms with E-state index < -0.39 is 0 Å². The van der Waals surface area contributed by atoms with Crippen LogP contribution >= 0.6 is 0 Å². The van der Waals surface area contributed by atoms with E-state index in [-0.39, 0.29) is 11.8 Å². The molecule has 0 amide bonds. The summed E-state index contributed by atoms with van der Waals surface area (Å²) < 4.78 is 7.64. The van der Waals surface area contributed by atoms with Gasteiger partial charge in [-0.25, -0.2) is 19.2 Å². The van der Waals surface area contributed by atoms with Gasteiger partial charge in [-0.15, -0.1) is 0 Å². The fourth-order valence-electron chi connectivity index (χ4n) is 5.23. The van der Waals surface area contributed by atoms with Gasteiger partial charge in [0.2, 0.25) is 0 Å². The van der Waals surface area contributed by atoms with E-state index in [9.17, 15) is 9.90 Å². The number of piperidine rings is 1. The van der Waals surface area contributed by atoms with Crippen molar-refractivity contribution in [2.24, 2.45) is 0 Å². The summed E-state index contributed by atoms with van der Waals surface area (Å²) in [5.74, 6) is 2.35. The molecule has 5 rings (SSSR count). The number of hydrogen-bond donors (Lipinski definition) is 2. The molecule has 0 unspecified atom stereocenters. The van der Waals surface area contributed by atoms with E-state index in [4.69, 9.17) is 14.7 Å². The fraction of sp³-hybridized carbons (Fsp3) is 0.560. The minimum absolute atomic E-state index is 0.201. The molecular weight excluding hydrogens is 418 g/mol. The van der Waals surface area contributed by atoms with E-state index in [0.717, 1.165) is 61.5 Å². The van der Waals surface area contributed by atoms with Crippen molar-refractivity contribution in [1.82, 2.24) is 19.4 Å². The van der Waals surface area contributed by atoms with Gasteiger partial charge in [-0.2, -0.15) is 0 Å². The first-order valence-corrected chi connectivity index (χ1v) is 12.2. The van der Waals surface area contributed by atoms with E-state index >= 15 is 0 Å². The second kappa shape index (κ2) is 9.17. The first-order chi connectivity index (χ1) is 16.0. The third-order valence-electron chi connectivity index (χ3n) is 7.01. The number of H-pyrrole nitrogens is 1. The predicted molar refractivity (Wildman–Crippen MR) is 128 cm³/mol. The quantitative estimate of drug-likeness (QED) is 0.613. The van der Waals surface area contributed by atoms with Gasteiger partial charge in [0.25, 0.3) is 0 Å². The molecule has 0 atom stereocenters. The molecule has 2 aromatic heterocycles. The number of rotatable bonds is 5. The van der Waals surface area contributed by atoms with Crippen LogP contribution < -0.4 is 15.3 Å². The van der Waals surface area contributed by atoms with Crippen LogP contribution in [0.3, 0.4) is 0 Å². The van der Waals surface area contributed by atoms with Gasteiger partial charge in [0.05, 0.1) is 24.0 Å². The second-order valence-corrected chi connectivity index (χ2v) is 9.27. The number of imidazole rings is 1. The molecular formula is C25H33N5O3. The minimum atomic E-state index is -0.217. The lowest BCUT2D eigenvalue weighted by Gasteiger charge is -2.31. The summed E-state index contributed by atoms with van der Waals surface area (Å²) >= 11 is 0. The topological polar surface area (TPSA) is 95.8 Å².